The maximum absolute atomic E-state index is 5.50. The Kier molecular flexibility index (Phi) is 3.69. The van der Waals surface area contributed by atoms with E-state index < -0.39 is 0 Å². The van der Waals surface area contributed by atoms with Gasteiger partial charge in [0, 0.05) is 11.9 Å². The summed E-state index contributed by atoms with van der Waals surface area (Å²) >= 11 is 0. The highest BCUT2D eigenvalue weighted by Gasteiger charge is 2.12. The Morgan fingerprint density at radius 2 is 2.25 bits per heavy atom. The van der Waals surface area contributed by atoms with Crippen LogP contribution >= 0.6 is 0 Å². The molecule has 4 nitrogen and oxygen atoms in total. The SMILES string of the molecule is NNC(CCc1ccccn1)c1ccco1. The Labute approximate surface area is 94.5 Å². The Bertz CT molecular complexity index is 399. The highest BCUT2D eigenvalue weighted by Crippen LogP contribution is 2.17. The first-order valence-electron chi connectivity index (χ1n) is 5.29. The van der Waals surface area contributed by atoms with E-state index in [0.717, 1.165) is 24.3 Å². The van der Waals surface area contributed by atoms with Crippen molar-refractivity contribution in [1.29, 1.82) is 0 Å². The van der Waals surface area contributed by atoms with Crippen LogP contribution in [0.3, 0.4) is 0 Å². The molecule has 0 aromatic carbocycles. The zero-order valence-electron chi connectivity index (χ0n) is 8.97. The lowest BCUT2D eigenvalue weighted by atomic mass is 10.1. The molecule has 16 heavy (non-hydrogen) atoms. The van der Waals surface area contributed by atoms with Gasteiger partial charge in [0.2, 0.25) is 0 Å². The summed E-state index contributed by atoms with van der Waals surface area (Å²) in [6.07, 6.45) is 5.19. The van der Waals surface area contributed by atoms with E-state index in [0.29, 0.717) is 0 Å². The van der Waals surface area contributed by atoms with Crippen LogP contribution in [0.4, 0.5) is 0 Å². The second-order valence-electron chi connectivity index (χ2n) is 3.59. The lowest BCUT2D eigenvalue weighted by Crippen LogP contribution is -2.28. The maximum atomic E-state index is 5.50. The van der Waals surface area contributed by atoms with Crippen LogP contribution in [0.1, 0.15) is 23.9 Å². The molecule has 2 rings (SSSR count). The normalized spacial score (nSPS) is 12.6. The molecule has 0 aliphatic rings. The number of nitrogens with one attached hydrogen (secondary N) is 1. The minimum atomic E-state index is 0.0389. The van der Waals surface area contributed by atoms with E-state index in [1.807, 2.05) is 30.3 Å². The van der Waals surface area contributed by atoms with E-state index in [1.165, 1.54) is 0 Å². The summed E-state index contributed by atoms with van der Waals surface area (Å²) in [6.45, 7) is 0. The highest BCUT2D eigenvalue weighted by molar-refractivity contribution is 5.07. The van der Waals surface area contributed by atoms with E-state index in [9.17, 15) is 0 Å². The van der Waals surface area contributed by atoms with Gasteiger partial charge in [-0.25, -0.2) is 5.43 Å². The number of hydrazine groups is 1. The molecule has 3 N–H and O–H groups in total. The third-order valence-electron chi connectivity index (χ3n) is 2.50. The van der Waals surface area contributed by atoms with Gasteiger partial charge in [-0.1, -0.05) is 6.07 Å². The number of furan rings is 1. The van der Waals surface area contributed by atoms with Gasteiger partial charge in [-0.05, 0) is 37.1 Å². The zero-order valence-corrected chi connectivity index (χ0v) is 8.97. The predicted molar refractivity (Wildman–Crippen MR) is 61.3 cm³/mol. The van der Waals surface area contributed by atoms with Gasteiger partial charge < -0.3 is 4.42 Å². The molecule has 0 spiro atoms. The van der Waals surface area contributed by atoms with Gasteiger partial charge in [0.25, 0.3) is 0 Å². The molecular weight excluding hydrogens is 202 g/mol. The van der Waals surface area contributed by atoms with Crippen molar-refractivity contribution >= 4 is 0 Å². The molecule has 0 saturated carbocycles. The third-order valence-corrected chi connectivity index (χ3v) is 2.50. The van der Waals surface area contributed by atoms with Crippen LogP contribution in [0.25, 0.3) is 0 Å². The minimum absolute atomic E-state index is 0.0389. The molecule has 2 aromatic heterocycles. The molecule has 0 amide bonds. The van der Waals surface area contributed by atoms with Gasteiger partial charge in [-0.2, -0.15) is 0 Å². The largest absolute Gasteiger partial charge is 0.468 e. The molecule has 0 aliphatic carbocycles. The number of nitrogens with two attached hydrogens (primary N) is 1. The van der Waals surface area contributed by atoms with Crippen molar-refractivity contribution in [2.45, 2.75) is 18.9 Å². The van der Waals surface area contributed by atoms with Crippen LogP contribution in [-0.4, -0.2) is 4.98 Å². The summed E-state index contributed by atoms with van der Waals surface area (Å²) in [5.74, 6) is 6.36. The van der Waals surface area contributed by atoms with Crippen molar-refractivity contribution in [3.8, 4) is 0 Å². The smallest absolute Gasteiger partial charge is 0.122 e. The molecule has 2 heterocycles. The summed E-state index contributed by atoms with van der Waals surface area (Å²) in [5.41, 5.74) is 3.82. The molecule has 0 radical (unpaired) electrons. The van der Waals surface area contributed by atoms with Crippen molar-refractivity contribution in [2.24, 2.45) is 5.84 Å². The van der Waals surface area contributed by atoms with Crippen LogP contribution in [0.2, 0.25) is 0 Å². The Hall–Kier alpha value is -1.65. The summed E-state index contributed by atoms with van der Waals surface area (Å²) in [7, 11) is 0. The van der Waals surface area contributed by atoms with E-state index >= 15 is 0 Å². The van der Waals surface area contributed by atoms with Crippen molar-refractivity contribution < 1.29 is 4.42 Å². The Morgan fingerprint density at radius 1 is 1.31 bits per heavy atom. The lowest BCUT2D eigenvalue weighted by Gasteiger charge is -2.12. The molecule has 0 saturated heterocycles. The first-order valence-corrected chi connectivity index (χ1v) is 5.29. The Morgan fingerprint density at radius 3 is 2.88 bits per heavy atom. The molecule has 84 valence electrons. The predicted octanol–water partition coefficient (Wildman–Crippen LogP) is 1.81. The van der Waals surface area contributed by atoms with Gasteiger partial charge in [-0.3, -0.25) is 10.8 Å². The number of nitrogens with zero attached hydrogens (tertiary/aromatic N) is 1. The quantitative estimate of drug-likeness (QED) is 0.592. The van der Waals surface area contributed by atoms with Crippen LogP contribution in [0.5, 0.6) is 0 Å². The highest BCUT2D eigenvalue weighted by atomic mass is 16.3. The second-order valence-corrected chi connectivity index (χ2v) is 3.59. The maximum Gasteiger partial charge on any atom is 0.122 e. The van der Waals surface area contributed by atoms with Crippen molar-refractivity contribution in [3.63, 3.8) is 0 Å². The topological polar surface area (TPSA) is 64.1 Å². The minimum Gasteiger partial charge on any atom is -0.468 e. The molecule has 0 aliphatic heterocycles. The number of aromatic nitrogens is 1. The average Bonchev–Trinajstić information content (AvgIpc) is 2.85. The molecule has 1 atom stereocenters. The molecule has 4 heteroatoms. The summed E-state index contributed by atoms with van der Waals surface area (Å²) in [4.78, 5) is 4.27. The number of rotatable bonds is 5. The number of aryl methyl sites for hydroxylation is 1. The number of pyridine rings is 1. The monoisotopic (exact) mass is 217 g/mol. The van der Waals surface area contributed by atoms with Crippen LogP contribution < -0.4 is 11.3 Å². The summed E-state index contributed by atoms with van der Waals surface area (Å²) in [5, 5.41) is 0. The molecular formula is C12H15N3O. The van der Waals surface area contributed by atoms with Gasteiger partial charge in [-0.15, -0.1) is 0 Å². The van der Waals surface area contributed by atoms with Crippen LogP contribution in [-0.2, 0) is 6.42 Å². The van der Waals surface area contributed by atoms with Crippen molar-refractivity contribution in [3.05, 3.63) is 54.2 Å². The fourth-order valence-electron chi connectivity index (χ4n) is 1.64. The average molecular weight is 217 g/mol. The standard InChI is InChI=1S/C12H15N3O/c13-15-11(12-5-3-9-16-12)7-6-10-4-1-2-8-14-10/h1-5,8-9,11,15H,6-7,13H2. The molecule has 1 unspecified atom stereocenters. The number of hydrogen-bond donors (Lipinski definition) is 2. The first kappa shape index (κ1) is 10.9. The second kappa shape index (κ2) is 5.44. The van der Waals surface area contributed by atoms with E-state index in [-0.39, 0.29) is 6.04 Å². The van der Waals surface area contributed by atoms with Crippen molar-refractivity contribution in [2.75, 3.05) is 0 Å². The fourth-order valence-corrected chi connectivity index (χ4v) is 1.64. The molecule has 0 bridgehead atoms. The number of hydrogen-bond acceptors (Lipinski definition) is 4. The first-order chi connectivity index (χ1) is 7.90. The van der Waals surface area contributed by atoms with Crippen LogP contribution in [0.15, 0.2) is 47.2 Å². The lowest BCUT2D eigenvalue weighted by molar-refractivity contribution is 0.400. The van der Waals surface area contributed by atoms with E-state index in [1.54, 1.807) is 12.5 Å². The molecule has 0 fully saturated rings. The van der Waals surface area contributed by atoms with Crippen molar-refractivity contribution in [1.82, 2.24) is 10.4 Å². The Balaban J connectivity index is 1.94. The fraction of sp³-hybridized carbons (Fsp3) is 0.250. The summed E-state index contributed by atoms with van der Waals surface area (Å²) in [6, 6.07) is 9.73. The van der Waals surface area contributed by atoms with Gasteiger partial charge in [0.1, 0.15) is 5.76 Å². The zero-order chi connectivity index (χ0) is 11.2. The van der Waals surface area contributed by atoms with Gasteiger partial charge in [0.15, 0.2) is 0 Å². The van der Waals surface area contributed by atoms with E-state index in [4.69, 9.17) is 10.3 Å². The third kappa shape index (κ3) is 2.68. The van der Waals surface area contributed by atoms with Crippen LogP contribution in [0, 0.1) is 0 Å². The summed E-state index contributed by atoms with van der Waals surface area (Å²) < 4.78 is 5.31. The van der Waals surface area contributed by atoms with Gasteiger partial charge in [0.05, 0.1) is 12.3 Å². The van der Waals surface area contributed by atoms with Gasteiger partial charge >= 0.3 is 0 Å². The molecule has 2 aromatic rings. The van der Waals surface area contributed by atoms with E-state index in [2.05, 4.69) is 10.4 Å².